The summed E-state index contributed by atoms with van der Waals surface area (Å²) in [6, 6.07) is 15.0. The molecule has 0 radical (unpaired) electrons. The first kappa shape index (κ1) is 34.3. The van der Waals surface area contributed by atoms with E-state index in [1.165, 1.54) is 7.11 Å². The summed E-state index contributed by atoms with van der Waals surface area (Å²) in [5.74, 6) is 0.866. The number of benzene rings is 3. The highest BCUT2D eigenvalue weighted by Crippen LogP contribution is 2.35. The molecule has 1 aliphatic heterocycles. The Bertz CT molecular complexity index is 1580. The van der Waals surface area contributed by atoms with Crippen molar-refractivity contribution < 1.29 is 33.6 Å². The monoisotopic (exact) mass is 812 g/mol. The molecule has 1 heterocycles. The molecule has 0 aliphatic carbocycles. The number of methoxy groups -OCH3 is 1. The number of hydrogen-bond donors (Lipinski definition) is 4. The lowest BCUT2D eigenvalue weighted by Gasteiger charge is -2.28. The Kier molecular flexibility index (Phi) is 12.3. The van der Waals surface area contributed by atoms with Crippen molar-refractivity contribution in [2.45, 2.75) is 32.7 Å². The molecule has 2 amide bonds. The average molecular weight is 814 g/mol. The SMILES string of the molecule is CCOc1cc([C@@H]2NC(=O)NC(C)=C2C(=O)OC)ccc1OC[C@H](O)N/N=C\c1cc(Br)c(OCc2ccc(Cl)cc2)c(I)c1. The van der Waals surface area contributed by atoms with Gasteiger partial charge in [0.25, 0.3) is 0 Å². The fourth-order valence-corrected chi connectivity index (χ4v) is 6.24. The summed E-state index contributed by atoms with van der Waals surface area (Å²) < 4.78 is 24.1. The molecule has 0 saturated carbocycles. The van der Waals surface area contributed by atoms with Crippen LogP contribution in [-0.4, -0.2) is 49.9 Å². The molecule has 0 saturated heterocycles. The number of carbonyl (C=O) groups excluding carboxylic acids is 2. The molecule has 3 aromatic rings. The Morgan fingerprint density at radius 1 is 1.16 bits per heavy atom. The number of nitrogens with one attached hydrogen (secondary N) is 3. The maximum absolute atomic E-state index is 12.4. The van der Waals surface area contributed by atoms with Gasteiger partial charge >= 0.3 is 12.0 Å². The zero-order valence-corrected chi connectivity index (χ0v) is 29.0. The molecule has 4 N–H and O–H groups in total. The number of hydrogen-bond acceptors (Lipinski definition) is 9. The van der Waals surface area contributed by atoms with Crippen LogP contribution < -0.4 is 30.3 Å². The minimum absolute atomic E-state index is 0.147. The number of allylic oxidation sites excluding steroid dienone is 1. The van der Waals surface area contributed by atoms with E-state index in [1.54, 1.807) is 31.3 Å². The van der Waals surface area contributed by atoms with Gasteiger partial charge in [-0.05, 0) is 105 Å². The third-order valence-corrected chi connectivity index (χ3v) is 8.07. The molecule has 3 aromatic carbocycles. The van der Waals surface area contributed by atoms with Crippen molar-refractivity contribution >= 4 is 68.3 Å². The molecule has 45 heavy (non-hydrogen) atoms. The number of halogens is 3. The third-order valence-electron chi connectivity index (χ3n) is 6.43. The van der Waals surface area contributed by atoms with Gasteiger partial charge in [-0.3, -0.25) is 5.43 Å². The molecule has 238 valence electrons. The number of esters is 1. The number of rotatable bonds is 13. The second kappa shape index (κ2) is 16.2. The van der Waals surface area contributed by atoms with Gasteiger partial charge in [0.1, 0.15) is 19.0 Å². The number of aliphatic hydroxyl groups is 1. The fraction of sp³-hybridized carbons (Fsp3) is 0.258. The molecule has 14 heteroatoms. The van der Waals surface area contributed by atoms with Crippen LogP contribution in [0.4, 0.5) is 4.79 Å². The fourth-order valence-electron chi connectivity index (χ4n) is 4.35. The van der Waals surface area contributed by atoms with E-state index >= 15 is 0 Å². The first-order chi connectivity index (χ1) is 21.6. The number of ether oxygens (including phenoxy) is 4. The molecule has 0 bridgehead atoms. The number of amides is 2. The van der Waals surface area contributed by atoms with Gasteiger partial charge < -0.3 is 34.7 Å². The van der Waals surface area contributed by atoms with E-state index < -0.39 is 24.3 Å². The number of aliphatic hydroxyl groups excluding tert-OH is 1. The van der Waals surface area contributed by atoms with Crippen molar-refractivity contribution in [2.75, 3.05) is 20.3 Å². The van der Waals surface area contributed by atoms with Crippen LogP contribution in [0.25, 0.3) is 0 Å². The van der Waals surface area contributed by atoms with Gasteiger partial charge in [-0.2, -0.15) is 5.10 Å². The highest BCUT2D eigenvalue weighted by molar-refractivity contribution is 14.1. The van der Waals surface area contributed by atoms with Gasteiger partial charge in [0.2, 0.25) is 0 Å². The van der Waals surface area contributed by atoms with E-state index in [-0.39, 0.29) is 12.2 Å². The third kappa shape index (κ3) is 9.25. The topological polar surface area (TPSA) is 140 Å². The van der Waals surface area contributed by atoms with Gasteiger partial charge in [-0.1, -0.05) is 29.8 Å². The molecule has 11 nitrogen and oxygen atoms in total. The van der Waals surface area contributed by atoms with Crippen LogP contribution in [0.2, 0.25) is 5.02 Å². The maximum Gasteiger partial charge on any atom is 0.337 e. The smallest absolute Gasteiger partial charge is 0.337 e. The van der Waals surface area contributed by atoms with Crippen LogP contribution >= 0.6 is 50.1 Å². The van der Waals surface area contributed by atoms with Gasteiger partial charge in [-0.25, -0.2) is 9.59 Å². The molecule has 1 aliphatic rings. The van der Waals surface area contributed by atoms with E-state index in [4.69, 9.17) is 30.5 Å². The summed E-state index contributed by atoms with van der Waals surface area (Å²) in [6.07, 6.45) is 0.432. The first-order valence-electron chi connectivity index (χ1n) is 13.7. The van der Waals surface area contributed by atoms with Gasteiger partial charge in [0.15, 0.2) is 17.7 Å². The second-order valence-corrected chi connectivity index (χ2v) is 12.1. The van der Waals surface area contributed by atoms with Crippen LogP contribution in [0.5, 0.6) is 17.2 Å². The summed E-state index contributed by atoms with van der Waals surface area (Å²) in [6.45, 7) is 4.02. The summed E-state index contributed by atoms with van der Waals surface area (Å²) >= 11 is 11.7. The highest BCUT2D eigenvalue weighted by atomic mass is 127. The summed E-state index contributed by atoms with van der Waals surface area (Å²) in [5, 5.41) is 20.6. The summed E-state index contributed by atoms with van der Waals surface area (Å²) in [4.78, 5) is 24.6. The zero-order valence-electron chi connectivity index (χ0n) is 24.5. The molecular weight excluding hydrogens is 783 g/mol. The molecule has 0 unspecified atom stereocenters. The normalized spacial score (nSPS) is 15.3. The van der Waals surface area contributed by atoms with Gasteiger partial charge in [-0.15, -0.1) is 0 Å². The van der Waals surface area contributed by atoms with Crippen LogP contribution in [0.1, 0.15) is 36.6 Å². The van der Waals surface area contributed by atoms with Crippen molar-refractivity contribution in [1.29, 1.82) is 0 Å². The lowest BCUT2D eigenvalue weighted by atomic mass is 9.95. The molecular formula is C31H31BrClIN4O7. The van der Waals surface area contributed by atoms with Crippen molar-refractivity contribution in [2.24, 2.45) is 5.10 Å². The van der Waals surface area contributed by atoms with Crippen molar-refractivity contribution in [3.63, 3.8) is 0 Å². The highest BCUT2D eigenvalue weighted by Gasteiger charge is 2.32. The lowest BCUT2D eigenvalue weighted by Crippen LogP contribution is -2.45. The standard InChI is InChI=1S/C31H31BrClIN4O7/c1-4-43-25-13-20(28-27(30(40)42-3)17(2)36-31(41)37-28)7-10-24(25)44-16-26(39)38-35-14-19-11-22(32)29(23(34)12-19)45-15-18-5-8-21(33)9-6-18/h5-14,26,28,38-39H,4,15-16H2,1-3H3,(H2,36,37,41)/b35-14-/t26-,28-/m0/s1. The van der Waals surface area contributed by atoms with E-state index in [0.717, 1.165) is 19.2 Å². The zero-order chi connectivity index (χ0) is 32.5. The van der Waals surface area contributed by atoms with Gasteiger partial charge in [0, 0.05) is 10.7 Å². The number of carbonyl (C=O) groups is 2. The number of urea groups is 1. The van der Waals surface area contributed by atoms with Gasteiger partial charge in [0.05, 0.1) is 39.6 Å². The largest absolute Gasteiger partial charge is 0.490 e. The average Bonchev–Trinajstić information content (AvgIpc) is 3.00. The Labute approximate surface area is 287 Å². The summed E-state index contributed by atoms with van der Waals surface area (Å²) in [7, 11) is 1.28. The Morgan fingerprint density at radius 2 is 1.91 bits per heavy atom. The Morgan fingerprint density at radius 3 is 2.60 bits per heavy atom. The predicted octanol–water partition coefficient (Wildman–Crippen LogP) is 5.81. The van der Waals surface area contributed by atoms with E-state index in [1.807, 2.05) is 43.3 Å². The molecule has 0 spiro atoms. The second-order valence-electron chi connectivity index (χ2n) is 9.64. The van der Waals surface area contributed by atoms with Crippen molar-refractivity contribution in [3.8, 4) is 17.2 Å². The molecule has 4 rings (SSSR count). The first-order valence-corrected chi connectivity index (χ1v) is 15.9. The van der Waals surface area contributed by atoms with Crippen LogP contribution in [0.3, 0.4) is 0 Å². The molecule has 0 aromatic heterocycles. The lowest BCUT2D eigenvalue weighted by molar-refractivity contribution is -0.136. The maximum atomic E-state index is 12.4. The Hall–Kier alpha value is -3.53. The molecule has 2 atom stereocenters. The summed E-state index contributed by atoms with van der Waals surface area (Å²) in [5.41, 5.74) is 5.67. The predicted molar refractivity (Wildman–Crippen MR) is 182 cm³/mol. The quantitative estimate of drug-likeness (QED) is 0.0559. The minimum Gasteiger partial charge on any atom is -0.490 e. The van der Waals surface area contributed by atoms with E-state index in [0.29, 0.717) is 46.7 Å². The Balaban J connectivity index is 1.37. The minimum atomic E-state index is -1.14. The van der Waals surface area contributed by atoms with Crippen molar-refractivity contribution in [1.82, 2.24) is 16.1 Å². The van der Waals surface area contributed by atoms with Crippen molar-refractivity contribution in [3.05, 3.63) is 95.6 Å². The van der Waals surface area contributed by atoms with E-state index in [9.17, 15) is 14.7 Å². The van der Waals surface area contributed by atoms with Crippen LogP contribution in [0.15, 0.2) is 75.4 Å². The molecule has 0 fully saturated rings. The van der Waals surface area contributed by atoms with E-state index in [2.05, 4.69) is 59.7 Å². The van der Waals surface area contributed by atoms with Crippen LogP contribution in [0, 0.1) is 3.57 Å². The van der Waals surface area contributed by atoms with Crippen LogP contribution in [-0.2, 0) is 16.1 Å². The number of nitrogens with zero attached hydrogens (tertiary/aromatic N) is 1. The number of hydrazone groups is 1.